The molecule has 2 aromatic rings. The zero-order valence-corrected chi connectivity index (χ0v) is 23.7. The van der Waals surface area contributed by atoms with E-state index in [0.717, 1.165) is 62.3 Å². The second-order valence-corrected chi connectivity index (χ2v) is 10.8. The minimum atomic E-state index is -0.118. The van der Waals surface area contributed by atoms with Crippen molar-refractivity contribution in [2.24, 2.45) is 0 Å². The van der Waals surface area contributed by atoms with Gasteiger partial charge in [0.1, 0.15) is 0 Å². The van der Waals surface area contributed by atoms with E-state index in [1.54, 1.807) is 14.2 Å². The number of hydrogen-bond acceptors (Lipinski definition) is 7. The van der Waals surface area contributed by atoms with E-state index >= 15 is 0 Å². The number of pyridine rings is 2. The first-order chi connectivity index (χ1) is 18.5. The highest BCUT2D eigenvalue weighted by Crippen LogP contribution is 2.27. The van der Waals surface area contributed by atoms with E-state index in [4.69, 9.17) is 19.2 Å². The zero-order chi connectivity index (χ0) is 26.9. The Balaban J connectivity index is 0.000000186. The molecule has 2 unspecified atom stereocenters. The summed E-state index contributed by atoms with van der Waals surface area (Å²) in [6.45, 7) is 6.70. The van der Waals surface area contributed by atoms with Gasteiger partial charge in [0.05, 0.1) is 29.7 Å². The lowest BCUT2D eigenvalue weighted by Gasteiger charge is -2.22. The Hall–Kier alpha value is -2.19. The first-order valence-corrected chi connectivity index (χ1v) is 14.4. The summed E-state index contributed by atoms with van der Waals surface area (Å²) in [7, 11) is 3.40. The van der Waals surface area contributed by atoms with Crippen LogP contribution in [0.5, 0.6) is 0 Å². The monoisotopic (exact) mass is 523 g/mol. The molecule has 5 rings (SSSR count). The van der Waals surface area contributed by atoms with E-state index in [1.807, 2.05) is 13.0 Å². The Bertz CT molecular complexity index is 1070. The van der Waals surface area contributed by atoms with Crippen molar-refractivity contribution in [3.05, 3.63) is 57.2 Å². The van der Waals surface area contributed by atoms with Crippen LogP contribution in [0.15, 0.2) is 12.1 Å². The summed E-state index contributed by atoms with van der Waals surface area (Å²) < 4.78 is 16.5. The van der Waals surface area contributed by atoms with E-state index in [1.165, 1.54) is 67.3 Å². The fraction of sp³-hybridized carbons (Fsp3) is 0.645. The third-order valence-corrected chi connectivity index (χ3v) is 8.09. The average molecular weight is 524 g/mol. The van der Waals surface area contributed by atoms with Crippen molar-refractivity contribution >= 4 is 6.29 Å². The average Bonchev–Trinajstić information content (AvgIpc) is 3.49. The molecule has 2 aliphatic carbocycles. The van der Waals surface area contributed by atoms with Gasteiger partial charge in [-0.15, -0.1) is 0 Å². The van der Waals surface area contributed by atoms with Gasteiger partial charge in [0, 0.05) is 50.9 Å². The Labute approximate surface area is 228 Å². The number of hydrogen-bond donors (Lipinski definition) is 1. The SMILES string of the molecule is COC(C)c1nc2c(cc1C=O)CCCC2.COC(C)c1nc2c(cc1CNC[C@H]1CCCO1)CCCC2. The van der Waals surface area contributed by atoms with Crippen LogP contribution in [0.1, 0.15) is 114 Å². The maximum Gasteiger partial charge on any atom is 0.151 e. The molecule has 3 atom stereocenters. The number of methoxy groups -OCH3 is 2. The van der Waals surface area contributed by atoms with Crippen LogP contribution < -0.4 is 5.32 Å². The fourth-order valence-corrected chi connectivity index (χ4v) is 5.67. The molecule has 0 amide bonds. The number of carbonyl (C=O) groups excluding carboxylic acids is 1. The van der Waals surface area contributed by atoms with Gasteiger partial charge in [0.2, 0.25) is 0 Å². The van der Waals surface area contributed by atoms with Crippen LogP contribution in [0.25, 0.3) is 0 Å². The lowest BCUT2D eigenvalue weighted by atomic mass is 9.93. The van der Waals surface area contributed by atoms with Crippen LogP contribution in [0, 0.1) is 0 Å². The van der Waals surface area contributed by atoms with Crippen molar-refractivity contribution in [1.82, 2.24) is 15.3 Å². The second kappa shape index (κ2) is 14.3. The van der Waals surface area contributed by atoms with E-state index in [-0.39, 0.29) is 12.2 Å². The van der Waals surface area contributed by atoms with Gasteiger partial charge in [0.25, 0.3) is 0 Å². The topological polar surface area (TPSA) is 82.6 Å². The Morgan fingerprint density at radius 3 is 2.13 bits per heavy atom. The maximum absolute atomic E-state index is 11.0. The van der Waals surface area contributed by atoms with Crippen molar-refractivity contribution in [3.8, 4) is 0 Å². The van der Waals surface area contributed by atoms with Gasteiger partial charge in [-0.05, 0) is 101 Å². The van der Waals surface area contributed by atoms with Crippen molar-refractivity contribution in [2.75, 3.05) is 27.4 Å². The first-order valence-electron chi connectivity index (χ1n) is 14.4. The molecule has 0 spiro atoms. The number of fused-ring (bicyclic) bond motifs is 2. The van der Waals surface area contributed by atoms with Crippen molar-refractivity contribution in [3.63, 3.8) is 0 Å². The molecule has 1 N–H and O–H groups in total. The predicted molar refractivity (Wildman–Crippen MR) is 149 cm³/mol. The number of carbonyl (C=O) groups is 1. The van der Waals surface area contributed by atoms with Gasteiger partial charge >= 0.3 is 0 Å². The lowest BCUT2D eigenvalue weighted by molar-refractivity contribution is 0.107. The van der Waals surface area contributed by atoms with Crippen LogP contribution in [0.4, 0.5) is 0 Å². The Morgan fingerprint density at radius 2 is 1.53 bits per heavy atom. The quantitative estimate of drug-likeness (QED) is 0.440. The van der Waals surface area contributed by atoms with Gasteiger partial charge in [0.15, 0.2) is 6.29 Å². The highest BCUT2D eigenvalue weighted by Gasteiger charge is 2.20. The number of aromatic nitrogens is 2. The van der Waals surface area contributed by atoms with Crippen LogP contribution in [0.3, 0.4) is 0 Å². The van der Waals surface area contributed by atoms with Gasteiger partial charge < -0.3 is 19.5 Å². The third kappa shape index (κ3) is 7.26. The minimum absolute atomic E-state index is 0.0479. The van der Waals surface area contributed by atoms with Gasteiger partial charge in [-0.3, -0.25) is 14.8 Å². The van der Waals surface area contributed by atoms with E-state index in [2.05, 4.69) is 23.3 Å². The van der Waals surface area contributed by atoms with E-state index in [9.17, 15) is 4.79 Å². The minimum Gasteiger partial charge on any atom is -0.377 e. The van der Waals surface area contributed by atoms with Crippen LogP contribution in [-0.4, -0.2) is 49.7 Å². The number of rotatable bonds is 9. The first kappa shape index (κ1) is 28.8. The molecule has 1 saturated heterocycles. The van der Waals surface area contributed by atoms with Gasteiger partial charge in [-0.1, -0.05) is 6.07 Å². The molecule has 2 aromatic heterocycles. The summed E-state index contributed by atoms with van der Waals surface area (Å²) in [5, 5.41) is 3.55. The van der Waals surface area contributed by atoms with E-state index in [0.29, 0.717) is 11.7 Å². The van der Waals surface area contributed by atoms with Crippen LogP contribution in [-0.2, 0) is 46.4 Å². The molecular formula is C31H45N3O4. The number of aldehydes is 1. The number of aryl methyl sites for hydroxylation is 4. The largest absolute Gasteiger partial charge is 0.377 e. The van der Waals surface area contributed by atoms with Crippen LogP contribution in [0.2, 0.25) is 0 Å². The Kier molecular flexibility index (Phi) is 10.8. The van der Waals surface area contributed by atoms with E-state index < -0.39 is 0 Å². The zero-order valence-electron chi connectivity index (χ0n) is 23.7. The van der Waals surface area contributed by atoms with Crippen molar-refractivity contribution in [2.45, 2.75) is 103 Å². The molecule has 0 radical (unpaired) electrons. The summed E-state index contributed by atoms with van der Waals surface area (Å²) in [5.41, 5.74) is 8.94. The lowest BCUT2D eigenvalue weighted by Crippen LogP contribution is -2.27. The van der Waals surface area contributed by atoms with Crippen molar-refractivity contribution in [1.29, 1.82) is 0 Å². The molecule has 0 bridgehead atoms. The predicted octanol–water partition coefficient (Wildman–Crippen LogP) is 5.42. The van der Waals surface area contributed by atoms with Gasteiger partial charge in [-0.25, -0.2) is 0 Å². The molecule has 208 valence electrons. The Morgan fingerprint density at radius 1 is 0.921 bits per heavy atom. The molecule has 7 nitrogen and oxygen atoms in total. The molecule has 7 heteroatoms. The molecule has 1 aliphatic heterocycles. The standard InChI is InChI=1S/C18H28N2O2.C13H17NO2/c1-13(21-2)18-15(11-19-12-16-7-5-9-22-16)10-14-6-3-4-8-17(14)20-18;1-9(16-2)13-11(8-15)7-10-5-3-4-6-12(10)14-13/h10,13,16,19H,3-9,11-12H2,1-2H3;7-9H,3-6H2,1-2H3/t13?,16-;/m1./s1. The number of ether oxygens (including phenoxy) is 3. The van der Waals surface area contributed by atoms with Crippen molar-refractivity contribution < 1.29 is 19.0 Å². The summed E-state index contributed by atoms with van der Waals surface area (Å²) in [6.07, 6.45) is 12.9. The highest BCUT2D eigenvalue weighted by atomic mass is 16.5. The number of nitrogens with one attached hydrogen (secondary N) is 1. The summed E-state index contributed by atoms with van der Waals surface area (Å²) in [6, 6.07) is 4.34. The number of nitrogens with zero attached hydrogens (tertiary/aromatic N) is 2. The molecule has 0 aromatic carbocycles. The molecule has 1 fully saturated rings. The third-order valence-electron chi connectivity index (χ3n) is 8.09. The van der Waals surface area contributed by atoms with Crippen LogP contribution >= 0.6 is 0 Å². The normalized spacial score (nSPS) is 20.1. The molecule has 3 heterocycles. The van der Waals surface area contributed by atoms with Gasteiger partial charge in [-0.2, -0.15) is 0 Å². The molecular weight excluding hydrogens is 478 g/mol. The second-order valence-electron chi connectivity index (χ2n) is 10.8. The molecule has 0 saturated carbocycles. The molecule has 3 aliphatic rings. The summed E-state index contributed by atoms with van der Waals surface area (Å²) in [5.74, 6) is 0. The summed E-state index contributed by atoms with van der Waals surface area (Å²) >= 11 is 0. The molecule has 38 heavy (non-hydrogen) atoms. The fourth-order valence-electron chi connectivity index (χ4n) is 5.67. The highest BCUT2D eigenvalue weighted by molar-refractivity contribution is 5.77. The maximum atomic E-state index is 11.0. The summed E-state index contributed by atoms with van der Waals surface area (Å²) in [4.78, 5) is 20.6. The smallest absolute Gasteiger partial charge is 0.151 e.